The molecule has 1 aliphatic heterocycles. The van der Waals surface area contributed by atoms with Crippen LogP contribution in [-0.2, 0) is 13.0 Å². The molecule has 1 aromatic rings. The third-order valence-corrected chi connectivity index (χ3v) is 4.19. The van der Waals surface area contributed by atoms with Crippen LogP contribution in [0.25, 0.3) is 0 Å². The number of amides is 3. The van der Waals surface area contributed by atoms with Crippen molar-refractivity contribution >= 4 is 11.9 Å². The van der Waals surface area contributed by atoms with Crippen molar-refractivity contribution in [3.8, 4) is 0 Å². The summed E-state index contributed by atoms with van der Waals surface area (Å²) in [5, 5.41) is 4.55. The van der Waals surface area contributed by atoms with Crippen LogP contribution in [0.3, 0.4) is 0 Å². The Morgan fingerprint density at radius 2 is 1.75 bits per heavy atom. The van der Waals surface area contributed by atoms with Crippen molar-refractivity contribution in [2.75, 3.05) is 40.3 Å². The van der Waals surface area contributed by atoms with Crippen LogP contribution in [0.5, 0.6) is 0 Å². The number of nitrogens with zero attached hydrogens (tertiary/aromatic N) is 5. The molecule has 134 valence electrons. The molecule has 0 aromatic carbocycles. The lowest BCUT2D eigenvalue weighted by Crippen LogP contribution is -2.53. The number of urea groups is 1. The molecule has 0 radical (unpaired) electrons. The Labute approximate surface area is 144 Å². The number of carbonyl (C=O) groups excluding carboxylic acids is 2. The zero-order valence-electron chi connectivity index (χ0n) is 15.4. The van der Waals surface area contributed by atoms with Crippen LogP contribution in [0, 0.1) is 5.92 Å². The van der Waals surface area contributed by atoms with Gasteiger partial charge in [0.05, 0.1) is 5.69 Å². The summed E-state index contributed by atoms with van der Waals surface area (Å²) in [5.41, 5.74) is 1.62. The van der Waals surface area contributed by atoms with Crippen molar-refractivity contribution in [1.82, 2.24) is 24.5 Å². The minimum Gasteiger partial charge on any atom is -0.334 e. The number of aryl methyl sites for hydroxylation is 1. The molecule has 3 amide bonds. The molecule has 1 aromatic heterocycles. The van der Waals surface area contributed by atoms with E-state index < -0.39 is 0 Å². The molecule has 7 heteroatoms. The highest BCUT2D eigenvalue weighted by Crippen LogP contribution is 2.14. The Morgan fingerprint density at radius 3 is 2.25 bits per heavy atom. The fourth-order valence-electron chi connectivity index (χ4n) is 2.95. The smallest absolute Gasteiger partial charge is 0.319 e. The Bertz CT molecular complexity index is 586. The minimum atomic E-state index is -0.0000753. The lowest BCUT2D eigenvalue weighted by molar-refractivity contribution is 0.0638. The van der Waals surface area contributed by atoms with Crippen LogP contribution < -0.4 is 0 Å². The summed E-state index contributed by atoms with van der Waals surface area (Å²) in [6, 6.07) is 1.92. The van der Waals surface area contributed by atoms with E-state index >= 15 is 0 Å². The maximum absolute atomic E-state index is 12.8. The lowest BCUT2D eigenvalue weighted by atomic mass is 10.1. The summed E-state index contributed by atoms with van der Waals surface area (Å²) < 4.78 is 1.79. The summed E-state index contributed by atoms with van der Waals surface area (Å²) in [6.45, 7) is 9.24. The summed E-state index contributed by atoms with van der Waals surface area (Å²) in [5.74, 6) is 0.519. The zero-order valence-corrected chi connectivity index (χ0v) is 15.4. The van der Waals surface area contributed by atoms with E-state index in [0.717, 1.165) is 12.1 Å². The molecule has 0 aliphatic carbocycles. The van der Waals surface area contributed by atoms with Crippen molar-refractivity contribution < 1.29 is 9.59 Å². The van der Waals surface area contributed by atoms with E-state index in [1.54, 1.807) is 28.6 Å². The first-order chi connectivity index (χ1) is 11.3. The van der Waals surface area contributed by atoms with Gasteiger partial charge in [-0.25, -0.2) is 4.79 Å². The first-order valence-corrected chi connectivity index (χ1v) is 8.65. The van der Waals surface area contributed by atoms with Gasteiger partial charge in [0.15, 0.2) is 0 Å². The van der Waals surface area contributed by atoms with Gasteiger partial charge in [-0.2, -0.15) is 5.10 Å². The minimum absolute atomic E-state index is 0.0000753. The number of piperazine rings is 1. The van der Waals surface area contributed by atoms with E-state index in [1.807, 2.05) is 17.9 Å². The number of rotatable bonds is 4. The molecule has 1 saturated heterocycles. The Morgan fingerprint density at radius 1 is 1.17 bits per heavy atom. The van der Waals surface area contributed by atoms with Crippen LogP contribution in [-0.4, -0.2) is 76.7 Å². The highest BCUT2D eigenvalue weighted by molar-refractivity contribution is 5.93. The van der Waals surface area contributed by atoms with Gasteiger partial charge in [0.1, 0.15) is 5.69 Å². The predicted octanol–water partition coefficient (Wildman–Crippen LogP) is 1.54. The highest BCUT2D eigenvalue weighted by Gasteiger charge is 2.27. The molecule has 1 aliphatic rings. The SMILES string of the molecule is CCn1nc(CC(C)C)cc1C(=O)N1CCN(C(=O)N(C)C)CC1. The van der Waals surface area contributed by atoms with Crippen LogP contribution in [0.15, 0.2) is 6.07 Å². The average molecular weight is 335 g/mol. The monoisotopic (exact) mass is 335 g/mol. The normalized spacial score (nSPS) is 15.1. The van der Waals surface area contributed by atoms with Gasteiger partial charge < -0.3 is 14.7 Å². The third kappa shape index (κ3) is 4.07. The topological polar surface area (TPSA) is 61.7 Å². The van der Waals surface area contributed by atoms with Crippen molar-refractivity contribution in [1.29, 1.82) is 0 Å². The van der Waals surface area contributed by atoms with Crippen molar-refractivity contribution in [3.05, 3.63) is 17.5 Å². The fourth-order valence-corrected chi connectivity index (χ4v) is 2.95. The van der Waals surface area contributed by atoms with E-state index in [9.17, 15) is 9.59 Å². The Hall–Kier alpha value is -2.05. The zero-order chi connectivity index (χ0) is 17.9. The van der Waals surface area contributed by atoms with Crippen molar-refractivity contribution in [3.63, 3.8) is 0 Å². The Balaban J connectivity index is 2.05. The first kappa shape index (κ1) is 18.3. The predicted molar refractivity (Wildman–Crippen MR) is 93.0 cm³/mol. The van der Waals surface area contributed by atoms with Gasteiger partial charge in [0.25, 0.3) is 5.91 Å². The maximum atomic E-state index is 12.8. The fraction of sp³-hybridized carbons (Fsp3) is 0.706. The van der Waals surface area contributed by atoms with Gasteiger partial charge in [-0.1, -0.05) is 13.8 Å². The largest absolute Gasteiger partial charge is 0.334 e. The van der Waals surface area contributed by atoms with E-state index in [1.165, 1.54) is 0 Å². The lowest BCUT2D eigenvalue weighted by Gasteiger charge is -2.35. The molecule has 24 heavy (non-hydrogen) atoms. The molecular formula is C17H29N5O2. The molecule has 0 unspecified atom stereocenters. The van der Waals surface area contributed by atoms with Gasteiger partial charge in [-0.05, 0) is 25.3 Å². The van der Waals surface area contributed by atoms with Gasteiger partial charge in [-0.15, -0.1) is 0 Å². The second-order valence-corrected chi connectivity index (χ2v) is 6.89. The summed E-state index contributed by atoms with van der Waals surface area (Å²) >= 11 is 0. The van der Waals surface area contributed by atoms with Gasteiger partial charge in [0.2, 0.25) is 0 Å². The molecule has 0 spiro atoms. The standard InChI is InChI=1S/C17H29N5O2/c1-6-22-15(12-14(18-22)11-13(2)3)16(23)20-7-9-21(10-8-20)17(24)19(4)5/h12-13H,6-11H2,1-5H3. The van der Waals surface area contributed by atoms with Crippen LogP contribution in [0.1, 0.15) is 37.0 Å². The first-order valence-electron chi connectivity index (χ1n) is 8.65. The highest BCUT2D eigenvalue weighted by atomic mass is 16.2. The second kappa shape index (κ2) is 7.68. The summed E-state index contributed by atoms with van der Waals surface area (Å²) in [7, 11) is 3.49. The van der Waals surface area contributed by atoms with Crippen LogP contribution in [0.2, 0.25) is 0 Å². The van der Waals surface area contributed by atoms with E-state index in [2.05, 4.69) is 18.9 Å². The van der Waals surface area contributed by atoms with E-state index in [4.69, 9.17) is 0 Å². The average Bonchev–Trinajstić information content (AvgIpc) is 2.95. The van der Waals surface area contributed by atoms with Gasteiger partial charge >= 0.3 is 6.03 Å². The molecule has 1 fully saturated rings. The molecule has 2 heterocycles. The molecule has 0 N–H and O–H groups in total. The van der Waals surface area contributed by atoms with Gasteiger partial charge in [0, 0.05) is 46.8 Å². The number of carbonyl (C=O) groups is 2. The molecule has 0 bridgehead atoms. The maximum Gasteiger partial charge on any atom is 0.319 e. The van der Waals surface area contributed by atoms with E-state index in [0.29, 0.717) is 44.3 Å². The van der Waals surface area contributed by atoms with Crippen LogP contribution >= 0.6 is 0 Å². The molecule has 7 nitrogen and oxygen atoms in total. The molecule has 0 atom stereocenters. The van der Waals surface area contributed by atoms with Crippen LogP contribution in [0.4, 0.5) is 4.79 Å². The Kier molecular flexibility index (Phi) is 5.85. The van der Waals surface area contributed by atoms with Crippen molar-refractivity contribution in [2.24, 2.45) is 5.92 Å². The van der Waals surface area contributed by atoms with Gasteiger partial charge in [-0.3, -0.25) is 9.48 Å². The molecule has 0 saturated carbocycles. The summed E-state index contributed by atoms with van der Waals surface area (Å²) in [4.78, 5) is 30.0. The second-order valence-electron chi connectivity index (χ2n) is 6.89. The number of hydrogen-bond donors (Lipinski definition) is 0. The summed E-state index contributed by atoms with van der Waals surface area (Å²) in [6.07, 6.45) is 0.873. The molecule has 2 rings (SSSR count). The quantitative estimate of drug-likeness (QED) is 0.838. The molecular weight excluding hydrogens is 306 g/mol. The third-order valence-electron chi connectivity index (χ3n) is 4.19. The van der Waals surface area contributed by atoms with E-state index in [-0.39, 0.29) is 11.9 Å². The number of hydrogen-bond acceptors (Lipinski definition) is 3. The van der Waals surface area contributed by atoms with Crippen molar-refractivity contribution in [2.45, 2.75) is 33.7 Å². The number of aromatic nitrogens is 2.